The fourth-order valence-electron chi connectivity index (χ4n) is 3.34. The average Bonchev–Trinajstić information content (AvgIpc) is 3.24. The van der Waals surface area contributed by atoms with Gasteiger partial charge in [-0.25, -0.2) is 0 Å². The predicted molar refractivity (Wildman–Crippen MR) is 108 cm³/mol. The molecule has 2 heterocycles. The SMILES string of the molecule is O=C(c1ccccc1)N1CCN(C(=O)c2sccc2-c2ccccc2)CC1. The molecule has 1 fully saturated rings. The molecule has 4 rings (SSSR count). The Morgan fingerprint density at radius 3 is 1.89 bits per heavy atom. The molecule has 1 saturated heterocycles. The number of nitrogens with zero attached hydrogens (tertiary/aromatic N) is 2. The Morgan fingerprint density at radius 1 is 0.704 bits per heavy atom. The molecule has 4 nitrogen and oxygen atoms in total. The van der Waals surface area contributed by atoms with Crippen LogP contribution in [-0.2, 0) is 0 Å². The third kappa shape index (κ3) is 3.64. The Hall–Kier alpha value is -2.92. The molecule has 0 N–H and O–H groups in total. The van der Waals surface area contributed by atoms with Gasteiger partial charge in [0, 0.05) is 37.3 Å². The lowest BCUT2D eigenvalue weighted by atomic mass is 10.1. The molecule has 5 heteroatoms. The minimum Gasteiger partial charge on any atom is -0.335 e. The van der Waals surface area contributed by atoms with E-state index in [4.69, 9.17) is 0 Å². The number of thiophene rings is 1. The smallest absolute Gasteiger partial charge is 0.264 e. The number of piperazine rings is 1. The van der Waals surface area contributed by atoms with Crippen LogP contribution in [0.5, 0.6) is 0 Å². The van der Waals surface area contributed by atoms with Crippen molar-refractivity contribution in [1.82, 2.24) is 9.80 Å². The van der Waals surface area contributed by atoms with E-state index in [9.17, 15) is 9.59 Å². The minimum atomic E-state index is 0.0313. The maximum atomic E-state index is 13.0. The molecule has 1 aliphatic heterocycles. The molecule has 1 aromatic heterocycles. The van der Waals surface area contributed by atoms with E-state index in [0.29, 0.717) is 31.7 Å². The highest BCUT2D eigenvalue weighted by Gasteiger charge is 2.27. The van der Waals surface area contributed by atoms with Crippen LogP contribution in [0, 0.1) is 0 Å². The van der Waals surface area contributed by atoms with E-state index in [1.165, 1.54) is 11.3 Å². The average molecular weight is 376 g/mol. The lowest BCUT2D eigenvalue weighted by Crippen LogP contribution is -2.50. The summed E-state index contributed by atoms with van der Waals surface area (Å²) < 4.78 is 0. The maximum Gasteiger partial charge on any atom is 0.264 e. The van der Waals surface area contributed by atoms with Gasteiger partial charge >= 0.3 is 0 Å². The van der Waals surface area contributed by atoms with Gasteiger partial charge < -0.3 is 9.80 Å². The van der Waals surface area contributed by atoms with Gasteiger partial charge in [-0.15, -0.1) is 11.3 Å². The molecule has 0 bridgehead atoms. The van der Waals surface area contributed by atoms with Crippen LogP contribution >= 0.6 is 11.3 Å². The quantitative estimate of drug-likeness (QED) is 0.693. The second-order valence-corrected chi connectivity index (χ2v) is 7.40. The van der Waals surface area contributed by atoms with Crippen LogP contribution in [0.1, 0.15) is 20.0 Å². The molecule has 2 amide bonds. The summed E-state index contributed by atoms with van der Waals surface area (Å²) in [6.07, 6.45) is 0. The first kappa shape index (κ1) is 17.5. The fourth-order valence-corrected chi connectivity index (χ4v) is 4.22. The van der Waals surface area contributed by atoms with E-state index in [2.05, 4.69) is 0 Å². The lowest BCUT2D eigenvalue weighted by Gasteiger charge is -2.34. The summed E-state index contributed by atoms with van der Waals surface area (Å²) in [7, 11) is 0. The van der Waals surface area contributed by atoms with Crippen LogP contribution in [0.4, 0.5) is 0 Å². The second kappa shape index (κ2) is 7.76. The first-order valence-electron chi connectivity index (χ1n) is 9.00. The highest BCUT2D eigenvalue weighted by atomic mass is 32.1. The zero-order chi connectivity index (χ0) is 18.6. The van der Waals surface area contributed by atoms with Gasteiger partial charge in [-0.2, -0.15) is 0 Å². The first-order chi connectivity index (χ1) is 13.2. The van der Waals surface area contributed by atoms with Crippen LogP contribution in [0.3, 0.4) is 0 Å². The summed E-state index contributed by atoms with van der Waals surface area (Å²) in [4.78, 5) is 30.0. The van der Waals surface area contributed by atoms with Crippen LogP contribution in [-0.4, -0.2) is 47.8 Å². The van der Waals surface area contributed by atoms with Gasteiger partial charge in [0.1, 0.15) is 0 Å². The molecular formula is C22H20N2O2S. The van der Waals surface area contributed by atoms with Crippen LogP contribution in [0.2, 0.25) is 0 Å². The van der Waals surface area contributed by atoms with E-state index in [1.54, 1.807) is 0 Å². The Labute approximate surface area is 162 Å². The van der Waals surface area contributed by atoms with Gasteiger partial charge in [0.2, 0.25) is 0 Å². The van der Waals surface area contributed by atoms with Crippen molar-refractivity contribution < 1.29 is 9.59 Å². The van der Waals surface area contributed by atoms with Crippen molar-refractivity contribution in [3.05, 3.63) is 82.6 Å². The van der Waals surface area contributed by atoms with Crippen molar-refractivity contribution in [2.45, 2.75) is 0 Å². The molecule has 0 atom stereocenters. The van der Waals surface area contributed by atoms with Gasteiger partial charge in [0.05, 0.1) is 4.88 Å². The number of benzene rings is 2. The van der Waals surface area contributed by atoms with Crippen LogP contribution in [0.25, 0.3) is 11.1 Å². The van der Waals surface area contributed by atoms with Crippen molar-refractivity contribution in [2.75, 3.05) is 26.2 Å². The highest BCUT2D eigenvalue weighted by Crippen LogP contribution is 2.29. The molecule has 3 aromatic rings. The first-order valence-corrected chi connectivity index (χ1v) is 9.88. The van der Waals surface area contributed by atoms with E-state index >= 15 is 0 Å². The summed E-state index contributed by atoms with van der Waals surface area (Å²) in [5.41, 5.74) is 2.73. The second-order valence-electron chi connectivity index (χ2n) is 6.48. The maximum absolute atomic E-state index is 13.0. The normalized spacial score (nSPS) is 14.2. The Kier molecular flexibility index (Phi) is 5.03. The summed E-state index contributed by atoms with van der Waals surface area (Å²) in [6.45, 7) is 2.24. The van der Waals surface area contributed by atoms with Gasteiger partial charge in [-0.1, -0.05) is 48.5 Å². The molecule has 0 radical (unpaired) electrons. The summed E-state index contributed by atoms with van der Waals surface area (Å²) in [5.74, 6) is 0.0828. The zero-order valence-electron chi connectivity index (χ0n) is 14.9. The standard InChI is InChI=1S/C22H20N2O2S/c25-21(18-9-5-2-6-10-18)23-12-14-24(15-13-23)22(26)20-19(11-16-27-20)17-7-3-1-4-8-17/h1-11,16H,12-15H2. The van der Waals surface area contributed by atoms with E-state index in [-0.39, 0.29) is 11.8 Å². The van der Waals surface area contributed by atoms with E-state index < -0.39 is 0 Å². The van der Waals surface area contributed by atoms with E-state index in [0.717, 1.165) is 16.0 Å². The monoisotopic (exact) mass is 376 g/mol. The van der Waals surface area contributed by atoms with Crippen LogP contribution in [0.15, 0.2) is 72.1 Å². The minimum absolute atomic E-state index is 0.0313. The van der Waals surface area contributed by atoms with Gasteiger partial charge in [0.25, 0.3) is 11.8 Å². The van der Waals surface area contributed by atoms with Crippen molar-refractivity contribution >= 4 is 23.2 Å². The van der Waals surface area contributed by atoms with Crippen molar-refractivity contribution in [3.8, 4) is 11.1 Å². The molecule has 1 aliphatic rings. The Balaban J connectivity index is 1.44. The summed E-state index contributed by atoms with van der Waals surface area (Å²) >= 11 is 1.48. The number of hydrogen-bond acceptors (Lipinski definition) is 3. The molecule has 0 saturated carbocycles. The largest absolute Gasteiger partial charge is 0.335 e. The number of rotatable bonds is 3. The Bertz CT molecular complexity index is 929. The number of carbonyl (C=O) groups is 2. The highest BCUT2D eigenvalue weighted by molar-refractivity contribution is 7.12. The van der Waals surface area contributed by atoms with Gasteiger partial charge in [0.15, 0.2) is 0 Å². The molecule has 0 spiro atoms. The lowest BCUT2D eigenvalue weighted by molar-refractivity contribution is 0.0538. The van der Waals surface area contributed by atoms with Crippen molar-refractivity contribution in [1.29, 1.82) is 0 Å². The molecule has 136 valence electrons. The molecule has 2 aromatic carbocycles. The zero-order valence-corrected chi connectivity index (χ0v) is 15.7. The third-order valence-corrected chi connectivity index (χ3v) is 5.72. The Morgan fingerprint density at radius 2 is 1.26 bits per heavy atom. The predicted octanol–water partition coefficient (Wildman–Crippen LogP) is 4.01. The van der Waals surface area contributed by atoms with Gasteiger partial charge in [-0.05, 0) is 29.1 Å². The van der Waals surface area contributed by atoms with E-state index in [1.807, 2.05) is 81.9 Å². The number of hydrogen-bond donors (Lipinski definition) is 0. The molecule has 0 unspecified atom stereocenters. The van der Waals surface area contributed by atoms with Crippen molar-refractivity contribution in [2.24, 2.45) is 0 Å². The van der Waals surface area contributed by atoms with Crippen LogP contribution < -0.4 is 0 Å². The number of carbonyl (C=O) groups excluding carboxylic acids is 2. The molecular weight excluding hydrogens is 356 g/mol. The van der Waals surface area contributed by atoms with Crippen molar-refractivity contribution in [3.63, 3.8) is 0 Å². The summed E-state index contributed by atoms with van der Waals surface area (Å²) in [5, 5.41) is 1.96. The topological polar surface area (TPSA) is 40.6 Å². The molecule has 0 aliphatic carbocycles. The summed E-state index contributed by atoms with van der Waals surface area (Å²) in [6, 6.07) is 21.3. The third-order valence-electron chi connectivity index (χ3n) is 4.82. The fraction of sp³-hybridized carbons (Fsp3) is 0.182. The van der Waals surface area contributed by atoms with Gasteiger partial charge in [-0.3, -0.25) is 9.59 Å². The molecule has 27 heavy (non-hydrogen) atoms. The number of amides is 2.